The van der Waals surface area contributed by atoms with Gasteiger partial charge in [-0.05, 0) is 17.7 Å². The van der Waals surface area contributed by atoms with Gasteiger partial charge in [0.2, 0.25) is 5.91 Å². The first kappa shape index (κ1) is 12.2. The number of carbonyl (C=O) groups excluding carboxylic acids is 1. The third kappa shape index (κ3) is 4.08. The molecule has 0 spiro atoms. The molecule has 0 saturated carbocycles. The van der Waals surface area contributed by atoms with Crippen molar-refractivity contribution in [2.45, 2.75) is 19.3 Å². The molecule has 1 atom stereocenters. The highest BCUT2D eigenvalue weighted by Gasteiger charge is 2.15. The Bertz CT molecular complexity index is 365. The highest BCUT2D eigenvalue weighted by molar-refractivity contribution is 5.73. The van der Waals surface area contributed by atoms with Crippen molar-refractivity contribution in [3.05, 3.63) is 30.1 Å². The summed E-state index contributed by atoms with van der Waals surface area (Å²) in [6.45, 7) is 1.73. The molecule has 1 rings (SSSR count). The number of nitrogens with zero attached hydrogens (tertiary/aromatic N) is 1. The van der Waals surface area contributed by atoms with E-state index in [9.17, 15) is 9.59 Å². The number of rotatable bonds is 5. The summed E-state index contributed by atoms with van der Waals surface area (Å²) in [6, 6.07) is 3.52. The molecular weight excluding hydrogens is 208 g/mol. The summed E-state index contributed by atoms with van der Waals surface area (Å²) in [6.07, 6.45) is 3.21. The van der Waals surface area contributed by atoms with E-state index in [1.54, 1.807) is 24.5 Å². The largest absolute Gasteiger partial charge is 0.481 e. The van der Waals surface area contributed by atoms with Crippen LogP contribution in [0.3, 0.4) is 0 Å². The molecule has 5 heteroatoms. The van der Waals surface area contributed by atoms with E-state index in [0.717, 1.165) is 5.56 Å². The van der Waals surface area contributed by atoms with Crippen LogP contribution < -0.4 is 5.32 Å². The molecule has 0 radical (unpaired) electrons. The summed E-state index contributed by atoms with van der Waals surface area (Å²) in [5.74, 6) is -1.26. The summed E-state index contributed by atoms with van der Waals surface area (Å²) in [5.41, 5.74) is 0.867. The molecule has 1 aromatic heterocycles. The summed E-state index contributed by atoms with van der Waals surface area (Å²) >= 11 is 0. The van der Waals surface area contributed by atoms with Crippen molar-refractivity contribution < 1.29 is 14.7 Å². The minimum atomic E-state index is -0.882. The van der Waals surface area contributed by atoms with E-state index in [0.29, 0.717) is 6.54 Å². The first-order valence-corrected chi connectivity index (χ1v) is 4.95. The van der Waals surface area contributed by atoms with Crippen molar-refractivity contribution >= 4 is 11.9 Å². The van der Waals surface area contributed by atoms with Crippen LogP contribution in [0.4, 0.5) is 0 Å². The van der Waals surface area contributed by atoms with Crippen LogP contribution in [0.1, 0.15) is 24.8 Å². The number of pyridine rings is 1. The van der Waals surface area contributed by atoms with Crippen LogP contribution in [-0.2, 0) is 9.59 Å². The number of carboxylic acid groups (broad SMARTS) is 1. The number of hydrogen-bond donors (Lipinski definition) is 2. The topological polar surface area (TPSA) is 79.3 Å². The lowest BCUT2D eigenvalue weighted by molar-refractivity contribution is -0.137. The second-order valence-corrected chi connectivity index (χ2v) is 3.51. The van der Waals surface area contributed by atoms with Gasteiger partial charge in [-0.1, -0.05) is 0 Å². The number of nitrogens with one attached hydrogen (secondary N) is 1. The lowest BCUT2D eigenvalue weighted by Gasteiger charge is -2.15. The van der Waals surface area contributed by atoms with Gasteiger partial charge in [-0.15, -0.1) is 0 Å². The zero-order valence-electron chi connectivity index (χ0n) is 9.01. The Morgan fingerprint density at radius 2 is 2.06 bits per heavy atom. The van der Waals surface area contributed by atoms with Gasteiger partial charge in [0, 0.05) is 31.8 Å². The molecule has 2 N–H and O–H groups in total. The number of carboxylic acids is 1. The highest BCUT2D eigenvalue weighted by Crippen LogP contribution is 2.17. The fourth-order valence-corrected chi connectivity index (χ4v) is 1.42. The molecule has 16 heavy (non-hydrogen) atoms. The number of aromatic nitrogens is 1. The third-order valence-corrected chi connectivity index (χ3v) is 2.20. The lowest BCUT2D eigenvalue weighted by Crippen LogP contribution is -2.27. The minimum Gasteiger partial charge on any atom is -0.481 e. The Labute approximate surface area is 93.5 Å². The lowest BCUT2D eigenvalue weighted by atomic mass is 9.97. The molecule has 1 amide bonds. The Morgan fingerprint density at radius 1 is 1.44 bits per heavy atom. The van der Waals surface area contributed by atoms with Crippen LogP contribution in [0.5, 0.6) is 0 Å². The number of carbonyl (C=O) groups is 2. The van der Waals surface area contributed by atoms with Crippen molar-refractivity contribution in [3.8, 4) is 0 Å². The quantitative estimate of drug-likeness (QED) is 0.771. The van der Waals surface area contributed by atoms with Gasteiger partial charge in [-0.3, -0.25) is 14.6 Å². The highest BCUT2D eigenvalue weighted by atomic mass is 16.4. The van der Waals surface area contributed by atoms with E-state index in [1.165, 1.54) is 6.92 Å². The summed E-state index contributed by atoms with van der Waals surface area (Å²) in [7, 11) is 0. The predicted octanol–water partition coefficient (Wildman–Crippen LogP) is 0.776. The molecule has 0 saturated heterocycles. The molecule has 0 fully saturated rings. The Morgan fingerprint density at radius 3 is 2.56 bits per heavy atom. The molecule has 0 aliphatic heterocycles. The Hall–Kier alpha value is -1.91. The van der Waals surface area contributed by atoms with Crippen molar-refractivity contribution in [1.82, 2.24) is 10.3 Å². The maximum atomic E-state index is 10.8. The normalized spacial score (nSPS) is 11.8. The molecule has 1 unspecified atom stereocenters. The van der Waals surface area contributed by atoms with Crippen molar-refractivity contribution in [1.29, 1.82) is 0 Å². The average Bonchev–Trinajstić information content (AvgIpc) is 2.25. The van der Waals surface area contributed by atoms with Crippen LogP contribution >= 0.6 is 0 Å². The SMILES string of the molecule is CC(=O)NCC(CC(=O)O)c1ccncc1. The zero-order valence-corrected chi connectivity index (χ0v) is 9.01. The summed E-state index contributed by atoms with van der Waals surface area (Å²) in [4.78, 5) is 25.4. The average molecular weight is 222 g/mol. The molecule has 0 bridgehead atoms. The second-order valence-electron chi connectivity index (χ2n) is 3.51. The van der Waals surface area contributed by atoms with Gasteiger partial charge in [0.15, 0.2) is 0 Å². The van der Waals surface area contributed by atoms with Crippen LogP contribution in [0.2, 0.25) is 0 Å². The van der Waals surface area contributed by atoms with Gasteiger partial charge in [-0.25, -0.2) is 0 Å². The van der Waals surface area contributed by atoms with E-state index in [-0.39, 0.29) is 18.2 Å². The van der Waals surface area contributed by atoms with Gasteiger partial charge in [0.05, 0.1) is 6.42 Å². The van der Waals surface area contributed by atoms with E-state index in [1.807, 2.05) is 0 Å². The Balaban J connectivity index is 2.71. The van der Waals surface area contributed by atoms with E-state index < -0.39 is 5.97 Å². The standard InChI is InChI=1S/C11H14N2O3/c1-8(14)13-7-10(6-11(15)16)9-2-4-12-5-3-9/h2-5,10H,6-7H2,1H3,(H,13,14)(H,15,16). The van der Waals surface area contributed by atoms with Crippen LogP contribution in [-0.4, -0.2) is 28.5 Å². The van der Waals surface area contributed by atoms with Crippen LogP contribution in [0.15, 0.2) is 24.5 Å². The van der Waals surface area contributed by atoms with E-state index in [2.05, 4.69) is 10.3 Å². The Kier molecular flexibility index (Phi) is 4.44. The number of aliphatic carboxylic acids is 1. The minimum absolute atomic E-state index is 0.00963. The monoisotopic (exact) mass is 222 g/mol. The summed E-state index contributed by atoms with van der Waals surface area (Å²) < 4.78 is 0. The molecule has 0 aromatic carbocycles. The van der Waals surface area contributed by atoms with Gasteiger partial charge in [0.25, 0.3) is 0 Å². The second kappa shape index (κ2) is 5.85. The fraction of sp³-hybridized carbons (Fsp3) is 0.364. The van der Waals surface area contributed by atoms with Crippen LogP contribution in [0, 0.1) is 0 Å². The first-order chi connectivity index (χ1) is 7.59. The first-order valence-electron chi connectivity index (χ1n) is 4.95. The van der Waals surface area contributed by atoms with Gasteiger partial charge < -0.3 is 10.4 Å². The molecular formula is C11H14N2O3. The molecule has 0 aliphatic carbocycles. The number of amides is 1. The van der Waals surface area contributed by atoms with Gasteiger partial charge in [-0.2, -0.15) is 0 Å². The van der Waals surface area contributed by atoms with E-state index >= 15 is 0 Å². The van der Waals surface area contributed by atoms with E-state index in [4.69, 9.17) is 5.11 Å². The maximum Gasteiger partial charge on any atom is 0.304 e. The molecule has 0 aliphatic rings. The van der Waals surface area contributed by atoms with Gasteiger partial charge in [0.1, 0.15) is 0 Å². The molecule has 5 nitrogen and oxygen atoms in total. The van der Waals surface area contributed by atoms with Crippen molar-refractivity contribution in [3.63, 3.8) is 0 Å². The van der Waals surface area contributed by atoms with Gasteiger partial charge >= 0.3 is 5.97 Å². The molecule has 1 heterocycles. The van der Waals surface area contributed by atoms with Crippen LogP contribution in [0.25, 0.3) is 0 Å². The third-order valence-electron chi connectivity index (χ3n) is 2.20. The van der Waals surface area contributed by atoms with Crippen molar-refractivity contribution in [2.24, 2.45) is 0 Å². The van der Waals surface area contributed by atoms with Crippen molar-refractivity contribution in [2.75, 3.05) is 6.54 Å². The smallest absolute Gasteiger partial charge is 0.304 e. The maximum absolute atomic E-state index is 10.8. The fourth-order valence-electron chi connectivity index (χ4n) is 1.42. The zero-order chi connectivity index (χ0) is 12.0. The number of hydrogen-bond acceptors (Lipinski definition) is 3. The summed E-state index contributed by atoms with van der Waals surface area (Å²) in [5, 5.41) is 11.4. The molecule has 1 aromatic rings. The molecule has 86 valence electrons. The predicted molar refractivity (Wildman–Crippen MR) is 57.9 cm³/mol.